The number of aromatic carboxylic acids is 1. The summed E-state index contributed by atoms with van der Waals surface area (Å²) in [5, 5.41) is 28.9. The third kappa shape index (κ3) is 3.40. The highest BCUT2D eigenvalue weighted by atomic mass is 32.2. The molecule has 2 aromatic rings. The maximum atomic E-state index is 12.4. The normalized spacial score (nSPS) is 17.3. The molecule has 0 aromatic heterocycles. The second kappa shape index (κ2) is 6.93. The number of benzene rings is 2. The molecule has 0 bridgehead atoms. The minimum atomic E-state index is -1.24. The SMILES string of the molecule is CN1C(=O)/C(=C/c2ccccc2O)SC1=Nc1ccc(C(=O)O)c(O)c1. The second-order valence-corrected chi connectivity index (χ2v) is 6.44. The predicted molar refractivity (Wildman–Crippen MR) is 98.6 cm³/mol. The Kier molecular flexibility index (Phi) is 4.68. The van der Waals surface area contributed by atoms with Gasteiger partial charge in [0.25, 0.3) is 5.91 Å². The van der Waals surface area contributed by atoms with Gasteiger partial charge in [0.1, 0.15) is 17.1 Å². The van der Waals surface area contributed by atoms with Crippen molar-refractivity contribution in [2.24, 2.45) is 4.99 Å². The number of thioether (sulfide) groups is 1. The van der Waals surface area contributed by atoms with Crippen LogP contribution in [0.15, 0.2) is 52.4 Å². The number of para-hydroxylation sites is 1. The number of amidine groups is 1. The number of carboxylic acid groups (broad SMARTS) is 1. The molecule has 3 N–H and O–H groups in total. The molecule has 1 aliphatic rings. The van der Waals surface area contributed by atoms with E-state index in [1.807, 2.05) is 0 Å². The van der Waals surface area contributed by atoms with Gasteiger partial charge < -0.3 is 15.3 Å². The number of nitrogens with zero attached hydrogens (tertiary/aromatic N) is 2. The van der Waals surface area contributed by atoms with E-state index in [9.17, 15) is 19.8 Å². The Hall–Kier alpha value is -3.26. The van der Waals surface area contributed by atoms with Crippen LogP contribution in [0.5, 0.6) is 11.5 Å². The van der Waals surface area contributed by atoms with Gasteiger partial charge in [0.2, 0.25) is 0 Å². The van der Waals surface area contributed by atoms with Crippen molar-refractivity contribution in [2.45, 2.75) is 0 Å². The van der Waals surface area contributed by atoms with Crippen LogP contribution in [0.4, 0.5) is 5.69 Å². The summed E-state index contributed by atoms with van der Waals surface area (Å²) in [6.07, 6.45) is 1.58. The number of amides is 1. The summed E-state index contributed by atoms with van der Waals surface area (Å²) in [4.78, 5) is 29.3. The number of carbonyl (C=O) groups excluding carboxylic acids is 1. The van der Waals surface area contributed by atoms with Gasteiger partial charge in [-0.1, -0.05) is 18.2 Å². The lowest BCUT2D eigenvalue weighted by Crippen LogP contribution is -2.23. The number of likely N-dealkylation sites (N-methyl/N-ethyl adjacent to an activating group) is 1. The Labute approximate surface area is 152 Å². The van der Waals surface area contributed by atoms with Crippen LogP contribution in [0, 0.1) is 0 Å². The van der Waals surface area contributed by atoms with E-state index in [-0.39, 0.29) is 17.2 Å². The first-order valence-electron chi connectivity index (χ1n) is 7.47. The summed E-state index contributed by atoms with van der Waals surface area (Å²) in [5.41, 5.74) is 0.609. The molecule has 0 spiro atoms. The first kappa shape index (κ1) is 17.6. The van der Waals surface area contributed by atoms with Gasteiger partial charge in [0, 0.05) is 18.7 Å². The van der Waals surface area contributed by atoms with Crippen LogP contribution >= 0.6 is 11.8 Å². The fourth-order valence-electron chi connectivity index (χ4n) is 2.28. The van der Waals surface area contributed by atoms with Crippen LogP contribution in [0.25, 0.3) is 6.08 Å². The molecule has 0 atom stereocenters. The predicted octanol–water partition coefficient (Wildman–Crippen LogP) is 3.03. The lowest BCUT2D eigenvalue weighted by Gasteiger charge is -2.07. The maximum absolute atomic E-state index is 12.4. The van der Waals surface area contributed by atoms with E-state index >= 15 is 0 Å². The summed E-state index contributed by atoms with van der Waals surface area (Å²) < 4.78 is 0. The van der Waals surface area contributed by atoms with Gasteiger partial charge in [-0.05, 0) is 36.0 Å². The van der Waals surface area contributed by atoms with Crippen molar-refractivity contribution in [3.8, 4) is 11.5 Å². The standard InChI is InChI=1S/C18H14N2O5S/c1-20-16(23)15(8-10-4-2-3-5-13(10)21)26-18(20)19-11-6-7-12(17(24)25)14(22)9-11/h2-9,21-22H,1H3,(H,24,25)/b15-8-,19-18?. The van der Waals surface area contributed by atoms with E-state index in [0.29, 0.717) is 21.3 Å². The minimum Gasteiger partial charge on any atom is -0.507 e. The number of aliphatic imine (C=N–C) groups is 1. The first-order valence-corrected chi connectivity index (χ1v) is 8.29. The van der Waals surface area contributed by atoms with Gasteiger partial charge in [0.15, 0.2) is 5.17 Å². The summed E-state index contributed by atoms with van der Waals surface area (Å²) in [6.45, 7) is 0. The highest BCUT2D eigenvalue weighted by Crippen LogP contribution is 2.35. The van der Waals surface area contributed by atoms with Crippen LogP contribution in [0.3, 0.4) is 0 Å². The zero-order chi connectivity index (χ0) is 18.8. The number of phenolic OH excluding ortho intramolecular Hbond substituents is 1. The van der Waals surface area contributed by atoms with E-state index in [0.717, 1.165) is 11.8 Å². The summed E-state index contributed by atoms with van der Waals surface area (Å²) in [7, 11) is 1.56. The third-order valence-corrected chi connectivity index (χ3v) is 4.72. The van der Waals surface area contributed by atoms with Gasteiger partial charge >= 0.3 is 5.97 Å². The van der Waals surface area contributed by atoms with Gasteiger partial charge in [-0.25, -0.2) is 9.79 Å². The number of aromatic hydroxyl groups is 2. The molecular weight excluding hydrogens is 356 g/mol. The molecule has 1 amide bonds. The molecule has 132 valence electrons. The lowest BCUT2D eigenvalue weighted by molar-refractivity contribution is -0.121. The molecule has 0 unspecified atom stereocenters. The average molecular weight is 370 g/mol. The van der Waals surface area contributed by atoms with Gasteiger partial charge in [-0.15, -0.1) is 0 Å². The second-order valence-electron chi connectivity index (χ2n) is 5.43. The van der Waals surface area contributed by atoms with Crippen molar-refractivity contribution in [1.29, 1.82) is 0 Å². The van der Waals surface area contributed by atoms with Crippen molar-refractivity contribution in [1.82, 2.24) is 4.90 Å². The van der Waals surface area contributed by atoms with Gasteiger partial charge in [-0.2, -0.15) is 0 Å². The molecule has 8 heteroatoms. The Bertz CT molecular complexity index is 968. The van der Waals surface area contributed by atoms with Crippen LogP contribution in [-0.4, -0.2) is 44.3 Å². The molecule has 0 radical (unpaired) electrons. The third-order valence-electron chi connectivity index (χ3n) is 3.66. The van der Waals surface area contributed by atoms with E-state index in [4.69, 9.17) is 5.11 Å². The van der Waals surface area contributed by atoms with Crippen molar-refractivity contribution >= 4 is 40.6 Å². The Morgan fingerprint density at radius 3 is 2.54 bits per heavy atom. The molecule has 0 aliphatic carbocycles. The molecule has 1 heterocycles. The van der Waals surface area contributed by atoms with Crippen molar-refractivity contribution in [2.75, 3.05) is 7.05 Å². The van der Waals surface area contributed by atoms with E-state index in [1.54, 1.807) is 31.3 Å². The van der Waals surface area contributed by atoms with E-state index in [1.165, 1.54) is 29.2 Å². The Morgan fingerprint density at radius 2 is 1.88 bits per heavy atom. The minimum absolute atomic E-state index is 0.0654. The molecule has 0 saturated carbocycles. The zero-order valence-electron chi connectivity index (χ0n) is 13.6. The molecular formula is C18H14N2O5S. The zero-order valence-corrected chi connectivity index (χ0v) is 14.4. The Morgan fingerprint density at radius 1 is 1.15 bits per heavy atom. The molecule has 3 rings (SSSR count). The molecule has 7 nitrogen and oxygen atoms in total. The van der Waals surface area contributed by atoms with Crippen LogP contribution in [0.2, 0.25) is 0 Å². The quantitative estimate of drug-likeness (QED) is 0.716. The van der Waals surface area contributed by atoms with Crippen LogP contribution in [-0.2, 0) is 4.79 Å². The van der Waals surface area contributed by atoms with Gasteiger partial charge in [-0.3, -0.25) is 9.69 Å². The summed E-state index contributed by atoms with van der Waals surface area (Å²) in [5.74, 6) is -1.85. The maximum Gasteiger partial charge on any atom is 0.339 e. The summed E-state index contributed by atoms with van der Waals surface area (Å²) in [6, 6.07) is 10.6. The van der Waals surface area contributed by atoms with E-state index in [2.05, 4.69) is 4.99 Å². The smallest absolute Gasteiger partial charge is 0.339 e. The van der Waals surface area contributed by atoms with Crippen LogP contribution < -0.4 is 0 Å². The average Bonchev–Trinajstić information content (AvgIpc) is 2.85. The first-order chi connectivity index (χ1) is 12.4. The topological polar surface area (TPSA) is 110 Å². The van der Waals surface area contributed by atoms with Gasteiger partial charge in [0.05, 0.1) is 10.6 Å². The van der Waals surface area contributed by atoms with Crippen molar-refractivity contribution in [3.63, 3.8) is 0 Å². The largest absolute Gasteiger partial charge is 0.507 e. The van der Waals surface area contributed by atoms with Crippen molar-refractivity contribution in [3.05, 3.63) is 58.5 Å². The number of carbonyl (C=O) groups is 2. The monoisotopic (exact) mass is 370 g/mol. The molecule has 1 saturated heterocycles. The van der Waals surface area contributed by atoms with E-state index < -0.39 is 11.7 Å². The molecule has 26 heavy (non-hydrogen) atoms. The van der Waals surface area contributed by atoms with Crippen molar-refractivity contribution < 1.29 is 24.9 Å². The van der Waals surface area contributed by atoms with Crippen LogP contribution in [0.1, 0.15) is 15.9 Å². The number of phenols is 2. The number of hydrogen-bond donors (Lipinski definition) is 3. The fourth-order valence-corrected chi connectivity index (χ4v) is 3.26. The number of rotatable bonds is 3. The molecule has 2 aromatic carbocycles. The number of hydrogen-bond acceptors (Lipinski definition) is 6. The Balaban J connectivity index is 1.92. The summed E-state index contributed by atoms with van der Waals surface area (Å²) >= 11 is 1.12. The molecule has 1 aliphatic heterocycles. The fraction of sp³-hybridized carbons (Fsp3) is 0.0556. The highest BCUT2D eigenvalue weighted by molar-refractivity contribution is 8.18. The number of carboxylic acids is 1. The highest BCUT2D eigenvalue weighted by Gasteiger charge is 2.30. The lowest BCUT2D eigenvalue weighted by atomic mass is 10.2. The molecule has 1 fully saturated rings.